The fourth-order valence-corrected chi connectivity index (χ4v) is 3.67. The van der Waals surface area contributed by atoms with Crippen molar-refractivity contribution in [3.05, 3.63) is 83.6 Å². The smallest absolute Gasteiger partial charge is 0.242 e. The number of nitrogens with one attached hydrogen (secondary N) is 3. The highest BCUT2D eigenvalue weighted by Gasteiger charge is 2.16. The second-order valence-corrected chi connectivity index (χ2v) is 8.51. The average Bonchev–Trinajstić information content (AvgIpc) is 2.83. The Balaban J connectivity index is 1.41. The molecule has 2 atom stereocenters. The van der Waals surface area contributed by atoms with Crippen LogP contribution in [0.5, 0.6) is 0 Å². The van der Waals surface area contributed by atoms with Crippen LogP contribution in [0.4, 0.5) is 5.82 Å². The van der Waals surface area contributed by atoms with E-state index in [1.54, 1.807) is 13.0 Å². The van der Waals surface area contributed by atoms with Crippen molar-refractivity contribution < 1.29 is 9.59 Å². The lowest BCUT2D eigenvalue weighted by atomic mass is 9.96. The van der Waals surface area contributed by atoms with Gasteiger partial charge in [0.25, 0.3) is 0 Å². The molecule has 0 saturated carbocycles. The van der Waals surface area contributed by atoms with E-state index in [0.717, 1.165) is 11.3 Å². The first-order valence-electron chi connectivity index (χ1n) is 11.5. The summed E-state index contributed by atoms with van der Waals surface area (Å²) in [6, 6.07) is 21.6. The maximum Gasteiger partial charge on any atom is 0.242 e. The maximum absolute atomic E-state index is 12.4. The zero-order valence-corrected chi connectivity index (χ0v) is 20.0. The van der Waals surface area contributed by atoms with Crippen molar-refractivity contribution in [2.45, 2.75) is 39.3 Å². The number of amides is 2. The quantitative estimate of drug-likeness (QED) is 0.372. The van der Waals surface area contributed by atoms with Crippen LogP contribution in [0.3, 0.4) is 0 Å². The molecule has 2 unspecified atom stereocenters. The van der Waals surface area contributed by atoms with Crippen LogP contribution in [0, 0.1) is 6.92 Å². The lowest BCUT2D eigenvalue weighted by Crippen LogP contribution is -2.47. The summed E-state index contributed by atoms with van der Waals surface area (Å²) in [6.45, 7) is 6.75. The van der Waals surface area contributed by atoms with Crippen molar-refractivity contribution in [3.8, 4) is 11.1 Å². The first-order valence-corrected chi connectivity index (χ1v) is 11.5. The molecule has 1 heterocycles. The molecule has 0 fully saturated rings. The number of anilines is 1. The molecule has 3 aromatic rings. The highest BCUT2D eigenvalue weighted by Crippen LogP contribution is 2.23. The Morgan fingerprint density at radius 2 is 1.71 bits per heavy atom. The third-order valence-corrected chi connectivity index (χ3v) is 5.74. The SMILES string of the molecule is Cc1nc(N)ccc1CNC(=O)C(C)NC(=O)CNCC(C)c1cccc(-c2ccccc2)c1. The molecule has 2 amide bonds. The first kappa shape index (κ1) is 24.9. The zero-order valence-electron chi connectivity index (χ0n) is 20.0. The molecule has 3 rings (SSSR count). The number of pyridine rings is 1. The van der Waals surface area contributed by atoms with E-state index in [4.69, 9.17) is 5.73 Å². The van der Waals surface area contributed by atoms with Crippen LogP contribution >= 0.6 is 0 Å². The van der Waals surface area contributed by atoms with E-state index < -0.39 is 6.04 Å². The Bertz CT molecular complexity index is 1120. The van der Waals surface area contributed by atoms with Gasteiger partial charge >= 0.3 is 0 Å². The summed E-state index contributed by atoms with van der Waals surface area (Å²) in [5.74, 6) is 0.196. The molecule has 1 aromatic heterocycles. The Labute approximate surface area is 201 Å². The number of hydrogen-bond donors (Lipinski definition) is 4. The molecule has 0 saturated heterocycles. The van der Waals surface area contributed by atoms with E-state index >= 15 is 0 Å². The van der Waals surface area contributed by atoms with Crippen molar-refractivity contribution in [2.75, 3.05) is 18.8 Å². The lowest BCUT2D eigenvalue weighted by molar-refractivity contribution is -0.128. The molecule has 7 heteroatoms. The summed E-state index contributed by atoms with van der Waals surface area (Å²) >= 11 is 0. The number of rotatable bonds is 10. The topological polar surface area (TPSA) is 109 Å². The molecular formula is C27H33N5O2. The monoisotopic (exact) mass is 459 g/mol. The summed E-state index contributed by atoms with van der Waals surface area (Å²) in [5.41, 5.74) is 10.9. The summed E-state index contributed by atoms with van der Waals surface area (Å²) in [7, 11) is 0. The molecule has 0 spiro atoms. The van der Waals surface area contributed by atoms with Gasteiger partial charge in [-0.15, -0.1) is 0 Å². The van der Waals surface area contributed by atoms with Crippen LogP contribution in [-0.4, -0.2) is 35.9 Å². The molecule has 7 nitrogen and oxygen atoms in total. The molecular weight excluding hydrogens is 426 g/mol. The van der Waals surface area contributed by atoms with E-state index in [9.17, 15) is 9.59 Å². The average molecular weight is 460 g/mol. The number of carbonyl (C=O) groups is 2. The number of aromatic nitrogens is 1. The van der Waals surface area contributed by atoms with Gasteiger partial charge in [-0.05, 0) is 48.1 Å². The van der Waals surface area contributed by atoms with Gasteiger partial charge in [0, 0.05) is 18.8 Å². The standard InChI is InChI=1S/C27H33N5O2/c1-18(22-10-7-11-23(14-22)21-8-5-4-6-9-21)15-29-17-26(33)32-20(3)27(34)30-16-24-12-13-25(28)31-19(24)2/h4-14,18,20,29H,15-17H2,1-3H3,(H2,28,31)(H,30,34)(H,32,33). The van der Waals surface area contributed by atoms with Gasteiger partial charge < -0.3 is 21.7 Å². The number of carbonyl (C=O) groups excluding carboxylic acids is 2. The van der Waals surface area contributed by atoms with Crippen molar-refractivity contribution in [2.24, 2.45) is 0 Å². The fourth-order valence-electron chi connectivity index (χ4n) is 3.67. The van der Waals surface area contributed by atoms with Gasteiger partial charge in [-0.25, -0.2) is 4.98 Å². The number of nitrogen functional groups attached to an aromatic ring is 1. The van der Waals surface area contributed by atoms with Gasteiger partial charge in [-0.3, -0.25) is 9.59 Å². The highest BCUT2D eigenvalue weighted by atomic mass is 16.2. The normalized spacial score (nSPS) is 12.6. The Morgan fingerprint density at radius 1 is 0.971 bits per heavy atom. The van der Waals surface area contributed by atoms with Crippen LogP contribution in [0.15, 0.2) is 66.7 Å². The predicted molar refractivity (Wildman–Crippen MR) is 136 cm³/mol. The van der Waals surface area contributed by atoms with Gasteiger partial charge in [0.15, 0.2) is 0 Å². The van der Waals surface area contributed by atoms with E-state index in [0.29, 0.717) is 18.9 Å². The van der Waals surface area contributed by atoms with Gasteiger partial charge in [-0.2, -0.15) is 0 Å². The number of benzene rings is 2. The molecule has 178 valence electrons. The summed E-state index contributed by atoms with van der Waals surface area (Å²) in [4.78, 5) is 28.8. The molecule has 0 aliphatic carbocycles. The van der Waals surface area contributed by atoms with Crippen molar-refractivity contribution in [1.29, 1.82) is 0 Å². The van der Waals surface area contributed by atoms with E-state index in [1.165, 1.54) is 16.7 Å². The third-order valence-electron chi connectivity index (χ3n) is 5.74. The molecule has 0 aliphatic rings. The van der Waals surface area contributed by atoms with Crippen LogP contribution in [0.2, 0.25) is 0 Å². The van der Waals surface area contributed by atoms with Crippen LogP contribution in [-0.2, 0) is 16.1 Å². The van der Waals surface area contributed by atoms with E-state index in [1.807, 2.05) is 31.2 Å². The number of aryl methyl sites for hydroxylation is 1. The summed E-state index contributed by atoms with van der Waals surface area (Å²) in [6.07, 6.45) is 0. The van der Waals surface area contributed by atoms with E-state index in [-0.39, 0.29) is 24.3 Å². The minimum absolute atomic E-state index is 0.140. The fraction of sp³-hybridized carbons (Fsp3) is 0.296. The minimum Gasteiger partial charge on any atom is -0.384 e. The number of nitrogens with zero attached hydrogens (tertiary/aromatic N) is 1. The van der Waals surface area contributed by atoms with Gasteiger partial charge in [0.2, 0.25) is 11.8 Å². The Morgan fingerprint density at radius 3 is 2.44 bits per heavy atom. The first-order chi connectivity index (χ1) is 16.3. The highest BCUT2D eigenvalue weighted by molar-refractivity contribution is 5.87. The van der Waals surface area contributed by atoms with Crippen LogP contribution < -0.4 is 21.7 Å². The van der Waals surface area contributed by atoms with Crippen LogP contribution in [0.25, 0.3) is 11.1 Å². The largest absolute Gasteiger partial charge is 0.384 e. The molecule has 0 aliphatic heterocycles. The minimum atomic E-state index is -0.642. The summed E-state index contributed by atoms with van der Waals surface area (Å²) in [5, 5.41) is 8.75. The Kier molecular flexibility index (Phi) is 8.76. The van der Waals surface area contributed by atoms with E-state index in [2.05, 4.69) is 64.3 Å². The second-order valence-electron chi connectivity index (χ2n) is 8.51. The van der Waals surface area contributed by atoms with Crippen molar-refractivity contribution in [1.82, 2.24) is 20.9 Å². The molecule has 34 heavy (non-hydrogen) atoms. The van der Waals surface area contributed by atoms with Crippen LogP contribution in [0.1, 0.15) is 36.6 Å². The lowest BCUT2D eigenvalue weighted by Gasteiger charge is -2.17. The molecule has 0 bridgehead atoms. The Hall–Kier alpha value is -3.71. The molecule has 2 aromatic carbocycles. The van der Waals surface area contributed by atoms with Gasteiger partial charge in [0.05, 0.1) is 6.54 Å². The molecule has 5 N–H and O–H groups in total. The second kappa shape index (κ2) is 12.0. The van der Waals surface area contributed by atoms with Crippen molar-refractivity contribution in [3.63, 3.8) is 0 Å². The van der Waals surface area contributed by atoms with Gasteiger partial charge in [-0.1, -0.05) is 67.6 Å². The maximum atomic E-state index is 12.4. The molecule has 0 radical (unpaired) electrons. The number of hydrogen-bond acceptors (Lipinski definition) is 5. The number of nitrogens with two attached hydrogens (primary N) is 1. The zero-order chi connectivity index (χ0) is 24.5. The van der Waals surface area contributed by atoms with Crippen molar-refractivity contribution >= 4 is 17.6 Å². The predicted octanol–water partition coefficient (Wildman–Crippen LogP) is 3.15. The summed E-state index contributed by atoms with van der Waals surface area (Å²) < 4.78 is 0. The third kappa shape index (κ3) is 7.15. The van der Waals surface area contributed by atoms with Gasteiger partial charge in [0.1, 0.15) is 11.9 Å².